The molecule has 148 valence electrons. The van der Waals surface area contributed by atoms with Gasteiger partial charge in [-0.1, -0.05) is 11.6 Å². The predicted octanol–water partition coefficient (Wildman–Crippen LogP) is 2.58. The Balaban J connectivity index is 1.36. The van der Waals surface area contributed by atoms with E-state index in [1.54, 1.807) is 12.1 Å². The average molecular weight is 439 g/mol. The van der Waals surface area contributed by atoms with Crippen LogP contribution in [-0.2, 0) is 16.6 Å². The van der Waals surface area contributed by atoms with E-state index in [1.165, 1.54) is 23.5 Å². The molecule has 0 unspecified atom stereocenters. The quantitative estimate of drug-likeness (QED) is 0.638. The fourth-order valence-corrected chi connectivity index (χ4v) is 5.47. The number of piperidine rings is 1. The zero-order valence-corrected chi connectivity index (χ0v) is 17.3. The predicted molar refractivity (Wildman–Crippen MR) is 110 cm³/mol. The van der Waals surface area contributed by atoms with Gasteiger partial charge in [0.2, 0.25) is 10.0 Å². The van der Waals surface area contributed by atoms with Crippen LogP contribution in [0.4, 0.5) is 0 Å². The highest BCUT2D eigenvalue weighted by Crippen LogP contribution is 2.19. The van der Waals surface area contributed by atoms with Crippen molar-refractivity contribution >= 4 is 43.2 Å². The SMILES string of the molecule is O=c1[nH]c(CN2CCC(NS(=O)(=O)c3ccc(Cl)cc3)CC2)nc2ccsc12. The van der Waals surface area contributed by atoms with E-state index in [4.69, 9.17) is 11.6 Å². The van der Waals surface area contributed by atoms with E-state index >= 15 is 0 Å². The van der Waals surface area contributed by atoms with Crippen LogP contribution in [0, 0.1) is 0 Å². The third-order valence-corrected chi connectivity index (χ3v) is 7.46. The largest absolute Gasteiger partial charge is 0.308 e. The molecule has 4 rings (SSSR count). The van der Waals surface area contributed by atoms with Crippen molar-refractivity contribution in [2.24, 2.45) is 0 Å². The normalized spacial score (nSPS) is 16.6. The lowest BCUT2D eigenvalue weighted by molar-refractivity contribution is 0.196. The van der Waals surface area contributed by atoms with Crippen molar-refractivity contribution in [1.29, 1.82) is 0 Å². The van der Waals surface area contributed by atoms with Gasteiger partial charge in [0.05, 0.1) is 17.0 Å². The Morgan fingerprint density at radius 2 is 1.93 bits per heavy atom. The summed E-state index contributed by atoms with van der Waals surface area (Å²) in [7, 11) is -3.56. The Kier molecular flexibility index (Phi) is 5.52. The van der Waals surface area contributed by atoms with Gasteiger partial charge in [-0.15, -0.1) is 11.3 Å². The molecule has 3 heterocycles. The summed E-state index contributed by atoms with van der Waals surface area (Å²) in [6.45, 7) is 1.98. The molecule has 0 atom stereocenters. The van der Waals surface area contributed by atoms with Crippen LogP contribution in [0.1, 0.15) is 18.7 Å². The Bertz CT molecular complexity index is 1130. The van der Waals surface area contributed by atoms with Gasteiger partial charge < -0.3 is 4.98 Å². The van der Waals surface area contributed by atoms with Gasteiger partial charge in [0.1, 0.15) is 10.5 Å². The number of aromatic nitrogens is 2. The molecule has 1 aliphatic heterocycles. The van der Waals surface area contributed by atoms with E-state index in [9.17, 15) is 13.2 Å². The van der Waals surface area contributed by atoms with E-state index in [2.05, 4.69) is 19.6 Å². The van der Waals surface area contributed by atoms with Crippen molar-refractivity contribution in [1.82, 2.24) is 19.6 Å². The maximum atomic E-state index is 12.5. The van der Waals surface area contributed by atoms with Gasteiger partial charge in [-0.05, 0) is 48.6 Å². The first-order valence-corrected chi connectivity index (χ1v) is 11.6. The maximum absolute atomic E-state index is 12.5. The number of H-pyrrole nitrogens is 1. The molecular formula is C18H19ClN4O3S2. The topological polar surface area (TPSA) is 95.2 Å². The molecule has 1 aromatic carbocycles. The zero-order valence-electron chi connectivity index (χ0n) is 14.9. The average Bonchev–Trinajstić information content (AvgIpc) is 3.13. The van der Waals surface area contributed by atoms with Crippen molar-refractivity contribution < 1.29 is 8.42 Å². The third kappa shape index (κ3) is 4.28. The molecule has 7 nitrogen and oxygen atoms in total. The minimum absolute atomic E-state index is 0.111. The minimum atomic E-state index is -3.56. The molecule has 1 fully saturated rings. The number of halogens is 1. The van der Waals surface area contributed by atoms with Crippen LogP contribution < -0.4 is 10.3 Å². The van der Waals surface area contributed by atoms with Crippen molar-refractivity contribution in [3.63, 3.8) is 0 Å². The number of aromatic amines is 1. The minimum Gasteiger partial charge on any atom is -0.308 e. The number of benzene rings is 1. The number of nitrogens with zero attached hydrogens (tertiary/aromatic N) is 2. The molecule has 1 aliphatic rings. The molecule has 0 amide bonds. The second kappa shape index (κ2) is 7.92. The molecule has 0 radical (unpaired) electrons. The summed E-state index contributed by atoms with van der Waals surface area (Å²) in [5.41, 5.74) is 0.606. The second-order valence-corrected chi connectivity index (χ2v) is 9.84. The molecule has 28 heavy (non-hydrogen) atoms. The number of nitrogens with one attached hydrogen (secondary N) is 2. The molecule has 1 saturated heterocycles. The van der Waals surface area contributed by atoms with E-state index in [1.807, 2.05) is 11.4 Å². The Labute approximate surface area is 171 Å². The van der Waals surface area contributed by atoms with Crippen LogP contribution in [0.15, 0.2) is 45.4 Å². The molecule has 0 saturated carbocycles. The number of hydrogen-bond donors (Lipinski definition) is 2. The first-order chi connectivity index (χ1) is 13.4. The van der Waals surface area contributed by atoms with Gasteiger partial charge in [-0.2, -0.15) is 0 Å². The lowest BCUT2D eigenvalue weighted by Crippen LogP contribution is -2.44. The van der Waals surface area contributed by atoms with Crippen LogP contribution in [0.5, 0.6) is 0 Å². The lowest BCUT2D eigenvalue weighted by Gasteiger charge is -2.31. The molecule has 2 N–H and O–H groups in total. The standard InChI is InChI=1S/C18H19ClN4O3S2/c19-12-1-3-14(4-2-12)28(25,26)22-13-5-8-23(9-6-13)11-16-20-15-7-10-27-17(15)18(24)21-16/h1-4,7,10,13,22H,5-6,8-9,11H2,(H,20,21,24). The highest BCUT2D eigenvalue weighted by Gasteiger charge is 2.25. The Hall–Kier alpha value is -1.78. The van der Waals surface area contributed by atoms with Gasteiger partial charge in [0.25, 0.3) is 5.56 Å². The Morgan fingerprint density at radius 3 is 2.64 bits per heavy atom. The fourth-order valence-electron chi connectivity index (χ4n) is 3.32. The molecule has 0 bridgehead atoms. The van der Waals surface area contributed by atoms with E-state index < -0.39 is 10.0 Å². The molecular weight excluding hydrogens is 420 g/mol. The zero-order chi connectivity index (χ0) is 19.7. The number of likely N-dealkylation sites (tertiary alicyclic amines) is 1. The maximum Gasteiger partial charge on any atom is 0.268 e. The van der Waals surface area contributed by atoms with Gasteiger partial charge in [-0.3, -0.25) is 9.69 Å². The first-order valence-electron chi connectivity index (χ1n) is 8.87. The van der Waals surface area contributed by atoms with Gasteiger partial charge in [0, 0.05) is 24.2 Å². The molecule has 0 aliphatic carbocycles. The van der Waals surface area contributed by atoms with Crippen LogP contribution in [0.3, 0.4) is 0 Å². The molecule has 0 spiro atoms. The lowest BCUT2D eigenvalue weighted by atomic mass is 10.1. The van der Waals surface area contributed by atoms with Crippen molar-refractivity contribution in [3.05, 3.63) is 56.9 Å². The van der Waals surface area contributed by atoms with Crippen LogP contribution in [-0.4, -0.2) is 42.4 Å². The number of hydrogen-bond acceptors (Lipinski definition) is 6. The summed E-state index contributed by atoms with van der Waals surface area (Å²) < 4.78 is 28.4. The summed E-state index contributed by atoms with van der Waals surface area (Å²) in [5, 5.41) is 2.36. The van der Waals surface area contributed by atoms with Gasteiger partial charge in [-0.25, -0.2) is 18.1 Å². The number of rotatable bonds is 5. The van der Waals surface area contributed by atoms with Crippen LogP contribution in [0.2, 0.25) is 5.02 Å². The van der Waals surface area contributed by atoms with Gasteiger partial charge in [0.15, 0.2) is 0 Å². The molecule has 3 aromatic rings. The first kappa shape index (κ1) is 19.5. The van der Waals surface area contributed by atoms with Crippen molar-refractivity contribution in [2.45, 2.75) is 30.3 Å². The van der Waals surface area contributed by atoms with E-state index in [0.717, 1.165) is 18.6 Å². The highest BCUT2D eigenvalue weighted by molar-refractivity contribution is 7.89. The molecule has 2 aromatic heterocycles. The Morgan fingerprint density at radius 1 is 1.21 bits per heavy atom. The molecule has 10 heteroatoms. The van der Waals surface area contributed by atoms with Gasteiger partial charge >= 0.3 is 0 Å². The summed E-state index contributed by atoms with van der Waals surface area (Å²) in [4.78, 5) is 21.8. The number of sulfonamides is 1. The fraction of sp³-hybridized carbons (Fsp3) is 0.333. The van der Waals surface area contributed by atoms with E-state index in [-0.39, 0.29) is 16.5 Å². The summed E-state index contributed by atoms with van der Waals surface area (Å²) in [6, 6.07) is 7.86. The third-order valence-electron chi connectivity index (χ3n) is 4.77. The van der Waals surface area contributed by atoms with Crippen molar-refractivity contribution in [2.75, 3.05) is 13.1 Å². The summed E-state index contributed by atoms with van der Waals surface area (Å²) >= 11 is 7.20. The van der Waals surface area contributed by atoms with E-state index in [0.29, 0.717) is 34.9 Å². The monoisotopic (exact) mass is 438 g/mol. The summed E-state index contributed by atoms with van der Waals surface area (Å²) in [5.74, 6) is 0.635. The second-order valence-electron chi connectivity index (χ2n) is 6.77. The van der Waals surface area contributed by atoms with Crippen molar-refractivity contribution in [3.8, 4) is 0 Å². The number of fused-ring (bicyclic) bond motifs is 1. The van der Waals surface area contributed by atoms with Crippen LogP contribution >= 0.6 is 22.9 Å². The highest BCUT2D eigenvalue weighted by atomic mass is 35.5. The smallest absolute Gasteiger partial charge is 0.268 e. The number of thiophene rings is 1. The van der Waals surface area contributed by atoms with Crippen LogP contribution in [0.25, 0.3) is 10.2 Å². The summed E-state index contributed by atoms with van der Waals surface area (Å²) in [6.07, 6.45) is 1.38.